The van der Waals surface area contributed by atoms with Crippen LogP contribution in [0.2, 0.25) is 0 Å². The topological polar surface area (TPSA) is 78.2 Å². The summed E-state index contributed by atoms with van der Waals surface area (Å²) in [7, 11) is 3.08. The van der Waals surface area contributed by atoms with Crippen LogP contribution in [0.5, 0.6) is 0 Å². The Labute approximate surface area is 116 Å². The molecule has 0 atom stereocenters. The monoisotopic (exact) mass is 276 g/mol. The van der Waals surface area contributed by atoms with Crippen molar-refractivity contribution in [2.75, 3.05) is 13.7 Å². The molecule has 1 amide bonds. The molecule has 0 bridgehead atoms. The van der Waals surface area contributed by atoms with Gasteiger partial charge in [0.15, 0.2) is 0 Å². The molecule has 1 N–H and O–H groups in total. The molecule has 0 spiro atoms. The lowest BCUT2D eigenvalue weighted by atomic mass is 10.3. The second-order valence-electron chi connectivity index (χ2n) is 4.18. The first kappa shape index (κ1) is 13.9. The molecule has 0 fully saturated rings. The molecule has 0 aliphatic heterocycles. The second-order valence-corrected chi connectivity index (χ2v) is 4.18. The molecule has 0 radical (unpaired) electrons. The molecule has 2 aromatic rings. The highest BCUT2D eigenvalue weighted by molar-refractivity contribution is 5.97. The number of amides is 1. The van der Waals surface area contributed by atoms with Gasteiger partial charge in [0.05, 0.1) is 19.7 Å². The first-order valence-electron chi connectivity index (χ1n) is 6.14. The summed E-state index contributed by atoms with van der Waals surface area (Å²) < 4.78 is 7.94. The Morgan fingerprint density at radius 2 is 2.05 bits per heavy atom. The lowest BCUT2D eigenvalue weighted by Gasteiger charge is -2.08. The predicted molar refractivity (Wildman–Crippen MR) is 71.5 cm³/mol. The van der Waals surface area contributed by atoms with Gasteiger partial charge in [0.1, 0.15) is 11.4 Å². The lowest BCUT2D eigenvalue weighted by molar-refractivity contribution is -0.140. The standard InChI is InChI=1S/C13H16N4O3/c1-16-13(17-7-3-4-8-17)10(9-15-16)12(19)14-6-5-11(18)20-2/h3-4,7-9H,5-6H2,1-2H3,(H,14,19). The van der Waals surface area contributed by atoms with Crippen LogP contribution in [0.25, 0.3) is 5.82 Å². The minimum atomic E-state index is -0.359. The van der Waals surface area contributed by atoms with E-state index in [9.17, 15) is 9.59 Å². The van der Waals surface area contributed by atoms with Crippen LogP contribution in [0.15, 0.2) is 30.7 Å². The normalized spacial score (nSPS) is 10.3. The van der Waals surface area contributed by atoms with Crippen LogP contribution in [0, 0.1) is 0 Å². The van der Waals surface area contributed by atoms with E-state index in [0.29, 0.717) is 11.4 Å². The molecule has 0 aromatic carbocycles. The number of hydrogen-bond acceptors (Lipinski definition) is 4. The molecule has 7 heteroatoms. The summed E-state index contributed by atoms with van der Waals surface area (Å²) in [6.07, 6.45) is 5.31. The Morgan fingerprint density at radius 3 is 2.70 bits per heavy atom. The van der Waals surface area contributed by atoms with E-state index in [2.05, 4.69) is 15.2 Å². The van der Waals surface area contributed by atoms with Crippen molar-refractivity contribution < 1.29 is 14.3 Å². The number of hydrogen-bond donors (Lipinski definition) is 1. The molecule has 0 aliphatic carbocycles. The number of ether oxygens (including phenoxy) is 1. The SMILES string of the molecule is COC(=O)CCNC(=O)c1cnn(C)c1-n1cccc1. The van der Waals surface area contributed by atoms with Gasteiger partial charge in [-0.15, -0.1) is 0 Å². The number of nitrogens with zero attached hydrogens (tertiary/aromatic N) is 3. The van der Waals surface area contributed by atoms with Crippen LogP contribution in [0.4, 0.5) is 0 Å². The molecule has 7 nitrogen and oxygen atoms in total. The summed E-state index contributed by atoms with van der Waals surface area (Å²) in [4.78, 5) is 23.1. The van der Waals surface area contributed by atoms with Gasteiger partial charge in [-0.1, -0.05) is 0 Å². The number of rotatable bonds is 5. The third kappa shape index (κ3) is 2.87. The Balaban J connectivity index is 2.09. The van der Waals surface area contributed by atoms with E-state index in [-0.39, 0.29) is 24.8 Å². The Kier molecular flexibility index (Phi) is 4.19. The van der Waals surface area contributed by atoms with E-state index >= 15 is 0 Å². The third-order valence-electron chi connectivity index (χ3n) is 2.84. The fourth-order valence-electron chi connectivity index (χ4n) is 1.85. The molecule has 2 heterocycles. The maximum absolute atomic E-state index is 12.1. The summed E-state index contributed by atoms with van der Waals surface area (Å²) in [5.74, 6) is 0.0402. The number of aromatic nitrogens is 3. The van der Waals surface area contributed by atoms with Crippen molar-refractivity contribution in [1.82, 2.24) is 19.7 Å². The largest absolute Gasteiger partial charge is 0.469 e. The van der Waals surface area contributed by atoms with Crippen molar-refractivity contribution in [2.45, 2.75) is 6.42 Å². The zero-order chi connectivity index (χ0) is 14.5. The summed E-state index contributed by atoms with van der Waals surface area (Å²) >= 11 is 0. The molecule has 0 unspecified atom stereocenters. The maximum atomic E-state index is 12.1. The van der Waals surface area contributed by atoms with Crippen molar-refractivity contribution in [3.05, 3.63) is 36.3 Å². The van der Waals surface area contributed by atoms with Gasteiger partial charge in [-0.3, -0.25) is 14.3 Å². The Hall–Kier alpha value is -2.57. The maximum Gasteiger partial charge on any atom is 0.307 e. The van der Waals surface area contributed by atoms with E-state index in [1.807, 2.05) is 29.1 Å². The Morgan fingerprint density at radius 1 is 1.35 bits per heavy atom. The summed E-state index contributed by atoms with van der Waals surface area (Å²) in [6, 6.07) is 3.73. The van der Waals surface area contributed by atoms with E-state index < -0.39 is 0 Å². The Bertz CT molecular complexity index is 601. The minimum absolute atomic E-state index is 0.140. The number of methoxy groups -OCH3 is 1. The molecule has 0 saturated carbocycles. The van der Waals surface area contributed by atoms with Crippen molar-refractivity contribution >= 4 is 11.9 Å². The van der Waals surface area contributed by atoms with Crippen LogP contribution in [-0.4, -0.2) is 39.9 Å². The fourth-order valence-corrected chi connectivity index (χ4v) is 1.85. The van der Waals surface area contributed by atoms with Crippen LogP contribution < -0.4 is 5.32 Å². The van der Waals surface area contributed by atoms with Gasteiger partial charge in [0, 0.05) is 26.0 Å². The number of esters is 1. The van der Waals surface area contributed by atoms with Crippen molar-refractivity contribution in [3.8, 4) is 5.82 Å². The molecule has 106 valence electrons. The van der Waals surface area contributed by atoms with E-state index in [0.717, 1.165) is 0 Å². The smallest absolute Gasteiger partial charge is 0.307 e. The average Bonchev–Trinajstić information content (AvgIpc) is 3.07. The average molecular weight is 276 g/mol. The fraction of sp³-hybridized carbons (Fsp3) is 0.308. The number of carbonyl (C=O) groups excluding carboxylic acids is 2. The molecular weight excluding hydrogens is 260 g/mol. The quantitative estimate of drug-likeness (QED) is 0.807. The van der Waals surface area contributed by atoms with Gasteiger partial charge in [-0.25, -0.2) is 0 Å². The van der Waals surface area contributed by atoms with Gasteiger partial charge in [-0.2, -0.15) is 5.10 Å². The van der Waals surface area contributed by atoms with E-state index in [1.54, 1.807) is 11.7 Å². The van der Waals surface area contributed by atoms with E-state index in [1.165, 1.54) is 13.3 Å². The summed E-state index contributed by atoms with van der Waals surface area (Å²) in [5.41, 5.74) is 0.452. The van der Waals surface area contributed by atoms with Gasteiger partial charge in [-0.05, 0) is 12.1 Å². The zero-order valence-corrected chi connectivity index (χ0v) is 11.4. The van der Waals surface area contributed by atoms with Crippen molar-refractivity contribution in [3.63, 3.8) is 0 Å². The highest BCUT2D eigenvalue weighted by atomic mass is 16.5. The number of nitrogens with one attached hydrogen (secondary N) is 1. The molecule has 20 heavy (non-hydrogen) atoms. The minimum Gasteiger partial charge on any atom is -0.469 e. The van der Waals surface area contributed by atoms with Crippen LogP contribution in [-0.2, 0) is 16.6 Å². The molecular formula is C13H16N4O3. The summed E-state index contributed by atoms with van der Waals surface area (Å²) in [5, 5.41) is 6.77. The first-order chi connectivity index (χ1) is 9.63. The predicted octanol–water partition coefficient (Wildman–Crippen LogP) is 0.504. The second kappa shape index (κ2) is 6.05. The number of carbonyl (C=O) groups is 2. The lowest BCUT2D eigenvalue weighted by Crippen LogP contribution is -2.27. The highest BCUT2D eigenvalue weighted by Crippen LogP contribution is 2.13. The van der Waals surface area contributed by atoms with Crippen molar-refractivity contribution in [1.29, 1.82) is 0 Å². The van der Waals surface area contributed by atoms with E-state index in [4.69, 9.17) is 0 Å². The van der Waals surface area contributed by atoms with Crippen molar-refractivity contribution in [2.24, 2.45) is 7.05 Å². The van der Waals surface area contributed by atoms with Crippen LogP contribution >= 0.6 is 0 Å². The molecule has 0 aliphatic rings. The molecule has 0 saturated heterocycles. The van der Waals surface area contributed by atoms with Crippen LogP contribution in [0.3, 0.4) is 0 Å². The number of aryl methyl sites for hydroxylation is 1. The van der Waals surface area contributed by atoms with Gasteiger partial charge < -0.3 is 14.6 Å². The van der Waals surface area contributed by atoms with Gasteiger partial charge >= 0.3 is 5.97 Å². The van der Waals surface area contributed by atoms with Crippen LogP contribution in [0.1, 0.15) is 16.8 Å². The molecule has 2 rings (SSSR count). The van der Waals surface area contributed by atoms with Gasteiger partial charge in [0.25, 0.3) is 5.91 Å². The first-order valence-corrected chi connectivity index (χ1v) is 6.14. The zero-order valence-electron chi connectivity index (χ0n) is 11.4. The van der Waals surface area contributed by atoms with Gasteiger partial charge in [0.2, 0.25) is 0 Å². The summed E-state index contributed by atoms with van der Waals surface area (Å²) in [6.45, 7) is 0.228. The molecule has 2 aromatic heterocycles. The third-order valence-corrected chi connectivity index (χ3v) is 2.84. The highest BCUT2D eigenvalue weighted by Gasteiger charge is 2.17.